The van der Waals surface area contributed by atoms with E-state index in [-0.39, 0.29) is 29.0 Å². The van der Waals surface area contributed by atoms with Gasteiger partial charge < -0.3 is 10.4 Å². The van der Waals surface area contributed by atoms with E-state index in [1.165, 1.54) is 30.7 Å². The molecule has 0 aromatic carbocycles. The first-order valence-electron chi connectivity index (χ1n) is 10.1. The van der Waals surface area contributed by atoms with Crippen molar-refractivity contribution in [2.75, 3.05) is 5.01 Å². The van der Waals surface area contributed by atoms with Crippen LogP contribution in [-0.4, -0.2) is 44.6 Å². The Morgan fingerprint density at radius 2 is 1.94 bits per heavy atom. The highest BCUT2D eigenvalue weighted by molar-refractivity contribution is 6.03. The van der Waals surface area contributed by atoms with E-state index < -0.39 is 18.3 Å². The number of alkyl halides is 3. The van der Waals surface area contributed by atoms with Gasteiger partial charge in [0.2, 0.25) is 0 Å². The lowest BCUT2D eigenvalue weighted by molar-refractivity contribution is -0.254. The smallest absolute Gasteiger partial charge is 0.362 e. The molecule has 2 aromatic heterocycles. The minimum absolute atomic E-state index is 0.0360. The zero-order valence-electron chi connectivity index (χ0n) is 16.6. The largest absolute Gasteiger partial charge is 0.438 e. The number of anilines is 1. The number of carbonyl (C=O) groups is 1. The van der Waals surface area contributed by atoms with Crippen molar-refractivity contribution >= 4 is 17.4 Å². The van der Waals surface area contributed by atoms with Gasteiger partial charge in [-0.1, -0.05) is 25.3 Å². The Morgan fingerprint density at radius 3 is 2.55 bits per heavy atom. The van der Waals surface area contributed by atoms with Crippen LogP contribution in [0.5, 0.6) is 0 Å². The SMILES string of the molecule is O=C(NC1CCCCC1)c1ccc(N2N=C(c3cccnc3)CC2(O)C(F)(F)F)nc1. The molecule has 164 valence electrons. The van der Waals surface area contributed by atoms with Crippen LogP contribution in [0.15, 0.2) is 48.0 Å². The van der Waals surface area contributed by atoms with Crippen molar-refractivity contribution in [3.05, 3.63) is 54.0 Å². The molecule has 7 nitrogen and oxygen atoms in total. The molecule has 1 amide bonds. The molecule has 2 N–H and O–H groups in total. The summed E-state index contributed by atoms with van der Waals surface area (Å²) in [6.45, 7) is 0. The minimum Gasteiger partial charge on any atom is -0.362 e. The Balaban J connectivity index is 1.58. The predicted molar refractivity (Wildman–Crippen MR) is 107 cm³/mol. The van der Waals surface area contributed by atoms with Crippen LogP contribution < -0.4 is 10.3 Å². The average molecular weight is 433 g/mol. The number of hydrogen-bond donors (Lipinski definition) is 2. The molecule has 0 bridgehead atoms. The Hall–Kier alpha value is -3.01. The summed E-state index contributed by atoms with van der Waals surface area (Å²) in [5.74, 6) is -0.536. The summed E-state index contributed by atoms with van der Waals surface area (Å²) in [6.07, 6.45) is 3.41. The standard InChI is InChI=1S/C21H22F3N5O2/c22-21(23,24)20(31)11-17(14-5-4-10-25-12-14)28-29(20)18-9-8-15(13-26-18)19(30)27-16-6-2-1-3-7-16/h4-5,8-10,12-13,16,31H,1-3,6-7,11H2,(H,27,30). The number of amides is 1. The second kappa shape index (κ2) is 8.26. The zero-order valence-corrected chi connectivity index (χ0v) is 16.6. The molecule has 1 fully saturated rings. The average Bonchev–Trinajstić information content (AvgIpc) is 3.14. The first-order chi connectivity index (χ1) is 14.8. The maximum absolute atomic E-state index is 13.8. The molecule has 4 rings (SSSR count). The van der Waals surface area contributed by atoms with E-state index in [1.807, 2.05) is 0 Å². The van der Waals surface area contributed by atoms with Gasteiger partial charge in [-0.05, 0) is 31.0 Å². The van der Waals surface area contributed by atoms with Gasteiger partial charge in [-0.2, -0.15) is 18.3 Å². The van der Waals surface area contributed by atoms with Crippen molar-refractivity contribution in [3.8, 4) is 0 Å². The molecule has 3 heterocycles. The second-order valence-corrected chi connectivity index (χ2v) is 7.80. The first-order valence-corrected chi connectivity index (χ1v) is 10.1. The summed E-state index contributed by atoms with van der Waals surface area (Å²) in [5, 5.41) is 17.9. The number of aliphatic hydroxyl groups is 1. The first kappa shape index (κ1) is 21.2. The Morgan fingerprint density at radius 1 is 1.16 bits per heavy atom. The monoisotopic (exact) mass is 433 g/mol. The van der Waals surface area contributed by atoms with Crippen LogP contribution in [-0.2, 0) is 0 Å². The van der Waals surface area contributed by atoms with Crippen molar-refractivity contribution < 1.29 is 23.1 Å². The van der Waals surface area contributed by atoms with Crippen molar-refractivity contribution in [2.45, 2.75) is 56.5 Å². The third-order valence-electron chi connectivity index (χ3n) is 5.60. The number of halogens is 3. The maximum atomic E-state index is 13.8. The van der Waals surface area contributed by atoms with Crippen molar-refractivity contribution in [3.63, 3.8) is 0 Å². The summed E-state index contributed by atoms with van der Waals surface area (Å²) in [7, 11) is 0. The highest BCUT2D eigenvalue weighted by Gasteiger charge is 2.62. The topological polar surface area (TPSA) is 90.7 Å². The molecule has 1 aliphatic heterocycles. The summed E-state index contributed by atoms with van der Waals surface area (Å²) >= 11 is 0. The normalized spacial score (nSPS) is 22.3. The van der Waals surface area contributed by atoms with Crippen LogP contribution in [0.25, 0.3) is 0 Å². The molecule has 2 aromatic rings. The molecule has 0 spiro atoms. The third kappa shape index (κ3) is 4.25. The summed E-state index contributed by atoms with van der Waals surface area (Å²) < 4.78 is 41.3. The van der Waals surface area contributed by atoms with E-state index in [4.69, 9.17) is 0 Å². The molecular formula is C21H22F3N5O2. The van der Waals surface area contributed by atoms with Gasteiger partial charge in [0.1, 0.15) is 0 Å². The number of carbonyl (C=O) groups excluding carboxylic acids is 1. The fourth-order valence-electron chi connectivity index (χ4n) is 3.86. The molecule has 31 heavy (non-hydrogen) atoms. The van der Waals surface area contributed by atoms with E-state index in [0.717, 1.165) is 32.1 Å². The summed E-state index contributed by atoms with van der Waals surface area (Å²) in [5.41, 5.74) is -2.61. The molecule has 0 radical (unpaired) electrons. The molecular weight excluding hydrogens is 411 g/mol. The molecule has 1 saturated carbocycles. The highest BCUT2D eigenvalue weighted by Crippen LogP contribution is 2.43. The van der Waals surface area contributed by atoms with E-state index in [2.05, 4.69) is 20.4 Å². The highest BCUT2D eigenvalue weighted by atomic mass is 19.4. The van der Waals surface area contributed by atoms with E-state index in [1.54, 1.807) is 12.1 Å². The van der Waals surface area contributed by atoms with Crippen molar-refractivity contribution in [1.82, 2.24) is 15.3 Å². The number of aromatic nitrogens is 2. The second-order valence-electron chi connectivity index (χ2n) is 7.80. The van der Waals surface area contributed by atoms with Gasteiger partial charge in [-0.15, -0.1) is 0 Å². The fraction of sp³-hybridized carbons (Fsp3) is 0.429. The maximum Gasteiger partial charge on any atom is 0.438 e. The van der Waals surface area contributed by atoms with Gasteiger partial charge in [0.25, 0.3) is 11.6 Å². The van der Waals surface area contributed by atoms with Crippen LogP contribution in [0, 0.1) is 0 Å². The molecule has 2 aliphatic rings. The lowest BCUT2D eigenvalue weighted by Crippen LogP contribution is -2.55. The lowest BCUT2D eigenvalue weighted by Gasteiger charge is -2.33. The number of nitrogens with zero attached hydrogens (tertiary/aromatic N) is 4. The Bertz CT molecular complexity index is 959. The van der Waals surface area contributed by atoms with Gasteiger partial charge in [0.05, 0.1) is 17.7 Å². The molecule has 0 saturated heterocycles. The van der Waals surface area contributed by atoms with Gasteiger partial charge in [-0.25, -0.2) is 9.99 Å². The number of nitrogens with one attached hydrogen (secondary N) is 1. The van der Waals surface area contributed by atoms with E-state index in [0.29, 0.717) is 10.6 Å². The molecule has 10 heteroatoms. The molecule has 1 atom stereocenters. The number of rotatable bonds is 4. The minimum atomic E-state index is -4.99. The van der Waals surface area contributed by atoms with Crippen LogP contribution in [0.3, 0.4) is 0 Å². The van der Waals surface area contributed by atoms with E-state index in [9.17, 15) is 23.1 Å². The summed E-state index contributed by atoms with van der Waals surface area (Å²) in [6, 6.07) is 5.88. The lowest BCUT2D eigenvalue weighted by atomic mass is 9.95. The van der Waals surface area contributed by atoms with Gasteiger partial charge in [0, 0.05) is 30.2 Å². The van der Waals surface area contributed by atoms with Crippen LogP contribution >= 0.6 is 0 Å². The molecule has 1 aliphatic carbocycles. The number of hydrogen-bond acceptors (Lipinski definition) is 6. The van der Waals surface area contributed by atoms with Crippen LogP contribution in [0.1, 0.15) is 54.4 Å². The Labute approximate surface area is 177 Å². The molecule has 1 unspecified atom stereocenters. The van der Waals surface area contributed by atoms with Gasteiger partial charge in [0.15, 0.2) is 5.82 Å². The third-order valence-corrected chi connectivity index (χ3v) is 5.60. The van der Waals surface area contributed by atoms with Crippen molar-refractivity contribution in [1.29, 1.82) is 0 Å². The van der Waals surface area contributed by atoms with Crippen molar-refractivity contribution in [2.24, 2.45) is 5.10 Å². The van der Waals surface area contributed by atoms with Crippen LogP contribution in [0.4, 0.5) is 19.0 Å². The number of pyridine rings is 2. The fourth-order valence-corrected chi connectivity index (χ4v) is 3.86. The predicted octanol–water partition coefficient (Wildman–Crippen LogP) is 3.40. The Kier molecular flexibility index (Phi) is 5.65. The zero-order chi connectivity index (χ0) is 22.1. The quantitative estimate of drug-likeness (QED) is 0.771. The summed E-state index contributed by atoms with van der Waals surface area (Å²) in [4.78, 5) is 20.3. The van der Waals surface area contributed by atoms with Gasteiger partial charge >= 0.3 is 6.18 Å². The van der Waals surface area contributed by atoms with Gasteiger partial charge in [-0.3, -0.25) is 9.78 Å². The van der Waals surface area contributed by atoms with Crippen LogP contribution in [0.2, 0.25) is 0 Å². The van der Waals surface area contributed by atoms with E-state index >= 15 is 0 Å². The number of hydrazone groups is 1.